The van der Waals surface area contributed by atoms with Crippen LogP contribution >= 0.6 is 15.9 Å². The fourth-order valence-electron chi connectivity index (χ4n) is 2.32. The summed E-state index contributed by atoms with van der Waals surface area (Å²) < 4.78 is 6.34. The van der Waals surface area contributed by atoms with Crippen molar-refractivity contribution in [3.8, 4) is 5.75 Å². The Labute approximate surface area is 162 Å². The van der Waals surface area contributed by atoms with E-state index in [-0.39, 0.29) is 18.4 Å². The number of rotatable bonds is 8. The van der Waals surface area contributed by atoms with Crippen LogP contribution in [0.4, 0.5) is 5.69 Å². The quantitative estimate of drug-likeness (QED) is 0.627. The first kappa shape index (κ1) is 20.0. The van der Waals surface area contributed by atoms with E-state index in [0.29, 0.717) is 23.5 Å². The molecular formula is C20H23BrN2O3. The molecule has 0 aliphatic carbocycles. The maximum Gasteiger partial charge on any atom is 0.262 e. The number of amides is 2. The maximum absolute atomic E-state index is 12.3. The van der Waals surface area contributed by atoms with E-state index in [1.165, 1.54) is 0 Å². The number of benzene rings is 2. The van der Waals surface area contributed by atoms with Crippen LogP contribution in [0.2, 0.25) is 0 Å². The van der Waals surface area contributed by atoms with E-state index in [1.54, 1.807) is 24.3 Å². The Morgan fingerprint density at radius 2 is 1.92 bits per heavy atom. The molecule has 5 nitrogen and oxygen atoms in total. The largest absolute Gasteiger partial charge is 0.483 e. The third-order valence-corrected chi connectivity index (χ3v) is 4.33. The van der Waals surface area contributed by atoms with Crippen LogP contribution in [-0.2, 0) is 4.79 Å². The topological polar surface area (TPSA) is 67.4 Å². The summed E-state index contributed by atoms with van der Waals surface area (Å²) in [6.45, 7) is 4.51. The number of ether oxygens (including phenoxy) is 1. The van der Waals surface area contributed by atoms with Crippen molar-refractivity contribution >= 4 is 33.4 Å². The van der Waals surface area contributed by atoms with Gasteiger partial charge in [0.1, 0.15) is 5.75 Å². The SMILES string of the molecule is CCCCNC(=O)c1ccccc1NC(=O)COc1ccc(C)cc1Br. The van der Waals surface area contributed by atoms with E-state index >= 15 is 0 Å². The Kier molecular flexibility index (Phi) is 7.66. The van der Waals surface area contributed by atoms with Crippen LogP contribution < -0.4 is 15.4 Å². The molecule has 0 spiro atoms. The number of aryl methyl sites for hydroxylation is 1. The molecule has 2 rings (SSSR count). The van der Waals surface area contributed by atoms with Gasteiger partial charge >= 0.3 is 0 Å². The first-order chi connectivity index (χ1) is 12.5. The van der Waals surface area contributed by atoms with Crippen molar-refractivity contribution in [1.82, 2.24) is 5.32 Å². The van der Waals surface area contributed by atoms with Crippen molar-refractivity contribution in [2.75, 3.05) is 18.5 Å². The van der Waals surface area contributed by atoms with Crippen LogP contribution in [0.3, 0.4) is 0 Å². The Hall–Kier alpha value is -2.34. The minimum atomic E-state index is -0.328. The van der Waals surface area contributed by atoms with Crippen LogP contribution in [0.1, 0.15) is 35.7 Å². The van der Waals surface area contributed by atoms with Gasteiger partial charge in [-0.15, -0.1) is 0 Å². The van der Waals surface area contributed by atoms with Crippen molar-refractivity contribution in [1.29, 1.82) is 0 Å². The molecule has 138 valence electrons. The van der Waals surface area contributed by atoms with E-state index in [2.05, 4.69) is 33.5 Å². The summed E-state index contributed by atoms with van der Waals surface area (Å²) in [7, 11) is 0. The van der Waals surface area contributed by atoms with Gasteiger partial charge in [-0.2, -0.15) is 0 Å². The van der Waals surface area contributed by atoms with E-state index in [9.17, 15) is 9.59 Å². The number of carbonyl (C=O) groups excluding carboxylic acids is 2. The van der Waals surface area contributed by atoms with E-state index in [1.807, 2.05) is 25.1 Å². The van der Waals surface area contributed by atoms with Gasteiger partial charge in [-0.1, -0.05) is 31.5 Å². The van der Waals surface area contributed by atoms with E-state index in [4.69, 9.17) is 4.74 Å². The molecule has 0 heterocycles. The predicted octanol–water partition coefficient (Wildman–Crippen LogP) is 4.30. The highest BCUT2D eigenvalue weighted by Crippen LogP contribution is 2.25. The third kappa shape index (κ3) is 5.88. The monoisotopic (exact) mass is 418 g/mol. The van der Waals surface area contributed by atoms with Gasteiger partial charge in [0, 0.05) is 6.54 Å². The van der Waals surface area contributed by atoms with Crippen molar-refractivity contribution in [2.24, 2.45) is 0 Å². The number of anilines is 1. The average molecular weight is 419 g/mol. The zero-order valence-corrected chi connectivity index (χ0v) is 16.6. The molecule has 0 fully saturated rings. The molecule has 0 bridgehead atoms. The number of para-hydroxylation sites is 1. The summed E-state index contributed by atoms with van der Waals surface area (Å²) in [5, 5.41) is 5.60. The molecule has 0 radical (unpaired) electrons. The van der Waals surface area contributed by atoms with Crippen molar-refractivity contribution < 1.29 is 14.3 Å². The van der Waals surface area contributed by atoms with Gasteiger partial charge < -0.3 is 15.4 Å². The summed E-state index contributed by atoms with van der Waals surface area (Å²) in [5.41, 5.74) is 2.00. The van der Waals surface area contributed by atoms with Gasteiger partial charge in [-0.25, -0.2) is 0 Å². The molecule has 2 amide bonds. The molecule has 0 aromatic heterocycles. The number of hydrogen-bond acceptors (Lipinski definition) is 3. The summed E-state index contributed by atoms with van der Waals surface area (Å²) in [6, 6.07) is 12.6. The number of unbranched alkanes of at least 4 members (excludes halogenated alkanes) is 1. The van der Waals surface area contributed by atoms with E-state index in [0.717, 1.165) is 22.9 Å². The Balaban J connectivity index is 1.97. The maximum atomic E-state index is 12.3. The summed E-state index contributed by atoms with van der Waals surface area (Å²) >= 11 is 3.42. The fraction of sp³-hybridized carbons (Fsp3) is 0.300. The Morgan fingerprint density at radius 1 is 1.15 bits per heavy atom. The van der Waals surface area contributed by atoms with Gasteiger partial charge in [0.05, 0.1) is 15.7 Å². The van der Waals surface area contributed by atoms with Gasteiger partial charge in [-0.05, 0) is 59.1 Å². The Bertz CT molecular complexity index is 777. The third-order valence-electron chi connectivity index (χ3n) is 3.71. The van der Waals surface area contributed by atoms with Crippen molar-refractivity contribution in [2.45, 2.75) is 26.7 Å². The van der Waals surface area contributed by atoms with Crippen LogP contribution in [0.15, 0.2) is 46.9 Å². The second-order valence-electron chi connectivity index (χ2n) is 5.93. The van der Waals surface area contributed by atoms with Gasteiger partial charge in [0.15, 0.2) is 6.61 Å². The minimum Gasteiger partial charge on any atom is -0.483 e. The number of hydrogen-bond donors (Lipinski definition) is 2. The lowest BCUT2D eigenvalue weighted by Gasteiger charge is -2.12. The minimum absolute atomic E-state index is 0.145. The molecule has 26 heavy (non-hydrogen) atoms. The molecule has 0 unspecified atom stereocenters. The van der Waals surface area contributed by atoms with Crippen LogP contribution in [0.5, 0.6) is 5.75 Å². The standard InChI is InChI=1S/C20H23BrN2O3/c1-3-4-11-22-20(25)15-7-5-6-8-17(15)23-19(24)13-26-18-10-9-14(2)12-16(18)21/h5-10,12H,3-4,11,13H2,1-2H3,(H,22,25)(H,23,24). The zero-order valence-electron chi connectivity index (χ0n) is 15.0. The highest BCUT2D eigenvalue weighted by Gasteiger charge is 2.13. The lowest BCUT2D eigenvalue weighted by atomic mass is 10.1. The number of carbonyl (C=O) groups is 2. The second-order valence-corrected chi connectivity index (χ2v) is 6.78. The highest BCUT2D eigenvalue weighted by molar-refractivity contribution is 9.10. The van der Waals surface area contributed by atoms with Crippen LogP contribution in [-0.4, -0.2) is 25.0 Å². The molecule has 0 saturated heterocycles. The van der Waals surface area contributed by atoms with Gasteiger partial charge in [0.2, 0.25) is 0 Å². The highest BCUT2D eigenvalue weighted by atomic mass is 79.9. The number of nitrogens with one attached hydrogen (secondary N) is 2. The first-order valence-corrected chi connectivity index (χ1v) is 9.36. The zero-order chi connectivity index (χ0) is 18.9. The van der Waals surface area contributed by atoms with E-state index < -0.39 is 0 Å². The summed E-state index contributed by atoms with van der Waals surface area (Å²) in [4.78, 5) is 24.5. The lowest BCUT2D eigenvalue weighted by Crippen LogP contribution is -2.27. The smallest absolute Gasteiger partial charge is 0.262 e. The average Bonchev–Trinajstić information content (AvgIpc) is 2.61. The molecule has 2 aromatic rings. The normalized spacial score (nSPS) is 10.3. The summed E-state index contributed by atoms with van der Waals surface area (Å²) in [5.74, 6) is 0.0687. The molecule has 2 aromatic carbocycles. The van der Waals surface area contributed by atoms with Crippen LogP contribution in [0, 0.1) is 6.92 Å². The van der Waals surface area contributed by atoms with Gasteiger partial charge in [0.25, 0.3) is 11.8 Å². The number of halogens is 1. The molecule has 2 N–H and O–H groups in total. The molecule has 0 aliphatic rings. The first-order valence-electron chi connectivity index (χ1n) is 8.57. The summed E-state index contributed by atoms with van der Waals surface area (Å²) in [6.07, 6.45) is 1.92. The fourth-order valence-corrected chi connectivity index (χ4v) is 2.92. The molecule has 6 heteroatoms. The molecule has 0 atom stereocenters. The molecule has 0 saturated carbocycles. The van der Waals surface area contributed by atoms with Crippen LogP contribution in [0.25, 0.3) is 0 Å². The Morgan fingerprint density at radius 3 is 2.65 bits per heavy atom. The molecular weight excluding hydrogens is 396 g/mol. The van der Waals surface area contributed by atoms with Crippen molar-refractivity contribution in [3.05, 3.63) is 58.1 Å². The van der Waals surface area contributed by atoms with Crippen molar-refractivity contribution in [3.63, 3.8) is 0 Å². The van der Waals surface area contributed by atoms with Gasteiger partial charge in [-0.3, -0.25) is 9.59 Å². The predicted molar refractivity (Wildman–Crippen MR) is 107 cm³/mol. The second kappa shape index (κ2) is 9.97. The molecule has 0 aliphatic heterocycles. The lowest BCUT2D eigenvalue weighted by molar-refractivity contribution is -0.118.